The molecule has 0 aromatic carbocycles. The first kappa shape index (κ1) is 13.2. The van der Waals surface area contributed by atoms with Crippen molar-refractivity contribution in [3.05, 3.63) is 0 Å². The van der Waals surface area contributed by atoms with Gasteiger partial charge in [-0.25, -0.2) is 5.84 Å². The third-order valence-corrected chi connectivity index (χ3v) is 1.94. The van der Waals surface area contributed by atoms with Crippen LogP contribution in [0.3, 0.4) is 0 Å². The van der Waals surface area contributed by atoms with Gasteiger partial charge in [-0.2, -0.15) is 0 Å². The van der Waals surface area contributed by atoms with Crippen LogP contribution in [0.1, 0.15) is 40.0 Å². The SMILES string of the molecule is CCNC(=NCCCCC(C)C)NN. The average Bonchev–Trinajstić information content (AvgIpc) is 2.15. The Bertz CT molecular complexity index is 154. The lowest BCUT2D eigenvalue weighted by atomic mass is 10.1. The molecule has 0 aliphatic heterocycles. The van der Waals surface area contributed by atoms with Gasteiger partial charge < -0.3 is 5.32 Å². The van der Waals surface area contributed by atoms with Crippen molar-refractivity contribution in [3.8, 4) is 0 Å². The summed E-state index contributed by atoms with van der Waals surface area (Å²) in [5.41, 5.74) is 2.54. The fourth-order valence-electron chi connectivity index (χ4n) is 1.18. The van der Waals surface area contributed by atoms with Gasteiger partial charge in [0.1, 0.15) is 0 Å². The largest absolute Gasteiger partial charge is 0.356 e. The summed E-state index contributed by atoms with van der Waals surface area (Å²) in [6.07, 6.45) is 3.65. The predicted molar refractivity (Wildman–Crippen MR) is 62.0 cm³/mol. The van der Waals surface area contributed by atoms with Gasteiger partial charge in [0.25, 0.3) is 0 Å². The number of nitrogens with zero attached hydrogens (tertiary/aromatic N) is 1. The number of rotatable bonds is 6. The average molecular weight is 200 g/mol. The molecule has 0 amide bonds. The first-order valence-corrected chi connectivity index (χ1v) is 5.45. The summed E-state index contributed by atoms with van der Waals surface area (Å²) in [6, 6.07) is 0. The highest BCUT2D eigenvalue weighted by Gasteiger charge is 1.94. The van der Waals surface area contributed by atoms with Gasteiger partial charge in [-0.3, -0.25) is 10.4 Å². The van der Waals surface area contributed by atoms with Crippen molar-refractivity contribution in [2.24, 2.45) is 16.8 Å². The van der Waals surface area contributed by atoms with E-state index in [9.17, 15) is 0 Å². The van der Waals surface area contributed by atoms with Crippen molar-refractivity contribution in [1.82, 2.24) is 10.7 Å². The molecule has 0 aromatic rings. The lowest BCUT2D eigenvalue weighted by Crippen LogP contribution is -2.41. The van der Waals surface area contributed by atoms with Gasteiger partial charge in [0, 0.05) is 13.1 Å². The highest BCUT2D eigenvalue weighted by molar-refractivity contribution is 5.78. The molecule has 0 unspecified atom stereocenters. The molecule has 0 saturated carbocycles. The van der Waals surface area contributed by atoms with Gasteiger partial charge in [-0.15, -0.1) is 0 Å². The zero-order valence-electron chi connectivity index (χ0n) is 9.64. The van der Waals surface area contributed by atoms with E-state index in [4.69, 9.17) is 5.84 Å². The molecule has 0 saturated heterocycles. The van der Waals surface area contributed by atoms with Crippen molar-refractivity contribution >= 4 is 5.96 Å². The molecule has 0 aliphatic rings. The predicted octanol–water partition coefficient (Wildman–Crippen LogP) is 1.24. The number of hydrogen-bond donors (Lipinski definition) is 3. The number of nitrogens with one attached hydrogen (secondary N) is 2. The quantitative estimate of drug-likeness (QED) is 0.199. The molecule has 0 atom stereocenters. The van der Waals surface area contributed by atoms with Crippen molar-refractivity contribution in [3.63, 3.8) is 0 Å². The van der Waals surface area contributed by atoms with E-state index in [1.807, 2.05) is 6.92 Å². The van der Waals surface area contributed by atoms with Gasteiger partial charge in [0.15, 0.2) is 0 Å². The van der Waals surface area contributed by atoms with Crippen LogP contribution in [0.25, 0.3) is 0 Å². The summed E-state index contributed by atoms with van der Waals surface area (Å²) < 4.78 is 0. The maximum atomic E-state index is 5.28. The Morgan fingerprint density at radius 3 is 2.57 bits per heavy atom. The lowest BCUT2D eigenvalue weighted by Gasteiger charge is -2.06. The molecule has 0 aliphatic carbocycles. The Kier molecular flexibility index (Phi) is 8.33. The van der Waals surface area contributed by atoms with Gasteiger partial charge in [-0.1, -0.05) is 26.7 Å². The van der Waals surface area contributed by atoms with E-state index in [1.165, 1.54) is 12.8 Å². The summed E-state index contributed by atoms with van der Waals surface area (Å²) in [5.74, 6) is 6.76. The Morgan fingerprint density at radius 2 is 2.07 bits per heavy atom. The molecule has 4 heteroatoms. The molecule has 84 valence electrons. The molecule has 14 heavy (non-hydrogen) atoms. The van der Waals surface area contributed by atoms with E-state index >= 15 is 0 Å². The van der Waals surface area contributed by atoms with Crippen LogP contribution in [0.2, 0.25) is 0 Å². The monoisotopic (exact) mass is 200 g/mol. The van der Waals surface area contributed by atoms with Crippen LogP contribution < -0.4 is 16.6 Å². The lowest BCUT2D eigenvalue weighted by molar-refractivity contribution is 0.541. The van der Waals surface area contributed by atoms with E-state index in [1.54, 1.807) is 0 Å². The molecule has 0 heterocycles. The molecule has 0 aromatic heterocycles. The Labute approximate surface area is 87.3 Å². The van der Waals surface area contributed by atoms with Gasteiger partial charge in [-0.05, 0) is 19.3 Å². The van der Waals surface area contributed by atoms with Crippen LogP contribution in [0, 0.1) is 5.92 Å². The smallest absolute Gasteiger partial charge is 0.205 e. The molecular formula is C10H24N4. The maximum absolute atomic E-state index is 5.28. The summed E-state index contributed by atoms with van der Waals surface area (Å²) >= 11 is 0. The number of hydrazine groups is 1. The summed E-state index contributed by atoms with van der Waals surface area (Å²) in [6.45, 7) is 8.20. The minimum atomic E-state index is 0.692. The van der Waals surface area contributed by atoms with Crippen LogP contribution in [0.5, 0.6) is 0 Å². The number of hydrogen-bond acceptors (Lipinski definition) is 2. The zero-order chi connectivity index (χ0) is 10.8. The van der Waals surface area contributed by atoms with E-state index in [0.29, 0.717) is 5.96 Å². The van der Waals surface area contributed by atoms with Crippen molar-refractivity contribution < 1.29 is 0 Å². The summed E-state index contributed by atoms with van der Waals surface area (Å²) in [5, 5.41) is 3.05. The highest BCUT2D eigenvalue weighted by Crippen LogP contribution is 2.05. The van der Waals surface area contributed by atoms with E-state index in [-0.39, 0.29) is 0 Å². The Hall–Kier alpha value is -0.770. The topological polar surface area (TPSA) is 62.4 Å². The summed E-state index contributed by atoms with van der Waals surface area (Å²) in [7, 11) is 0. The number of aliphatic imine (C=N–C) groups is 1. The molecular weight excluding hydrogens is 176 g/mol. The second-order valence-corrected chi connectivity index (χ2v) is 3.79. The van der Waals surface area contributed by atoms with Crippen LogP contribution in [0.15, 0.2) is 4.99 Å². The number of nitrogens with two attached hydrogens (primary N) is 1. The van der Waals surface area contributed by atoms with Crippen molar-refractivity contribution in [1.29, 1.82) is 0 Å². The second kappa shape index (κ2) is 8.81. The summed E-state index contributed by atoms with van der Waals surface area (Å²) in [4.78, 5) is 4.30. The van der Waals surface area contributed by atoms with Crippen molar-refractivity contribution in [2.45, 2.75) is 40.0 Å². The third kappa shape index (κ3) is 7.86. The molecule has 0 spiro atoms. The molecule has 0 fully saturated rings. The molecule has 0 radical (unpaired) electrons. The van der Waals surface area contributed by atoms with Gasteiger partial charge in [0.05, 0.1) is 0 Å². The van der Waals surface area contributed by atoms with E-state index in [2.05, 4.69) is 29.6 Å². The van der Waals surface area contributed by atoms with E-state index in [0.717, 1.165) is 25.4 Å². The molecule has 0 bridgehead atoms. The number of guanidine groups is 1. The van der Waals surface area contributed by atoms with Crippen molar-refractivity contribution in [2.75, 3.05) is 13.1 Å². The minimum Gasteiger partial charge on any atom is -0.356 e. The third-order valence-electron chi connectivity index (χ3n) is 1.94. The van der Waals surface area contributed by atoms with Crippen LogP contribution >= 0.6 is 0 Å². The maximum Gasteiger partial charge on any atom is 0.205 e. The van der Waals surface area contributed by atoms with Crippen LogP contribution in [-0.2, 0) is 0 Å². The van der Waals surface area contributed by atoms with Crippen LogP contribution in [-0.4, -0.2) is 19.0 Å². The van der Waals surface area contributed by atoms with Gasteiger partial charge in [0.2, 0.25) is 5.96 Å². The second-order valence-electron chi connectivity index (χ2n) is 3.79. The zero-order valence-corrected chi connectivity index (χ0v) is 9.64. The number of unbranched alkanes of at least 4 members (excludes halogenated alkanes) is 1. The first-order valence-electron chi connectivity index (χ1n) is 5.45. The molecule has 4 N–H and O–H groups in total. The fraction of sp³-hybridized carbons (Fsp3) is 0.900. The van der Waals surface area contributed by atoms with Crippen LogP contribution in [0.4, 0.5) is 0 Å². The molecule has 0 rings (SSSR count). The Balaban J connectivity index is 3.47. The van der Waals surface area contributed by atoms with E-state index < -0.39 is 0 Å². The fourth-order valence-corrected chi connectivity index (χ4v) is 1.18. The highest BCUT2D eigenvalue weighted by atomic mass is 15.3. The normalized spacial score (nSPS) is 11.9. The minimum absolute atomic E-state index is 0.692. The standard InChI is InChI=1S/C10H24N4/c1-4-12-10(14-11)13-8-6-5-7-9(2)3/h9H,4-8,11H2,1-3H3,(H2,12,13,14). The Morgan fingerprint density at radius 1 is 1.36 bits per heavy atom. The van der Waals surface area contributed by atoms with Gasteiger partial charge >= 0.3 is 0 Å². The first-order chi connectivity index (χ1) is 6.70. The molecule has 4 nitrogen and oxygen atoms in total.